The summed E-state index contributed by atoms with van der Waals surface area (Å²) in [6.45, 7) is 7.00. The number of amides is 1. The van der Waals surface area contributed by atoms with Gasteiger partial charge in [0.15, 0.2) is 0 Å². The van der Waals surface area contributed by atoms with E-state index in [9.17, 15) is 41.0 Å². The number of nitrogens with zero attached hydrogens (tertiary/aromatic N) is 5. The predicted octanol–water partition coefficient (Wildman–Crippen LogP) is 7.51. The number of aromatic nitrogens is 4. The molecule has 5 N–H and O–H groups in total. The highest BCUT2D eigenvalue weighted by atomic mass is 32.2. The maximum Gasteiger partial charge on any atom is 0.416 e. The number of nitriles is 1. The second-order valence-corrected chi connectivity index (χ2v) is 15.0. The molecule has 0 bridgehead atoms. The fraction of sp³-hybridized carbons (Fsp3) is 0.333. The Balaban J connectivity index is 0.00000580. The number of rotatable bonds is 8. The van der Waals surface area contributed by atoms with Crippen molar-refractivity contribution in [2.75, 3.05) is 0 Å². The monoisotopic (exact) mass is 777 g/mol. The van der Waals surface area contributed by atoms with Gasteiger partial charge in [-0.05, 0) is 142 Å². The maximum absolute atomic E-state index is 14.2. The van der Waals surface area contributed by atoms with E-state index in [0.717, 1.165) is 38.0 Å². The van der Waals surface area contributed by atoms with Crippen molar-refractivity contribution < 1.29 is 30.9 Å². The number of carbonyl (C=O) groups is 1. The van der Waals surface area contributed by atoms with Gasteiger partial charge in [-0.25, -0.2) is 27.3 Å². The number of hydrogen-bond acceptors (Lipinski definition) is 7. The van der Waals surface area contributed by atoms with Crippen LogP contribution >= 0.6 is 0 Å². The number of imidazole rings is 1. The lowest BCUT2D eigenvalue weighted by Gasteiger charge is -2.30. The summed E-state index contributed by atoms with van der Waals surface area (Å²) in [6, 6.07) is 14.8. The van der Waals surface area contributed by atoms with Gasteiger partial charge in [-0.3, -0.25) is 4.57 Å². The molecule has 0 saturated heterocycles. The summed E-state index contributed by atoms with van der Waals surface area (Å²) < 4.78 is 80.8. The van der Waals surface area contributed by atoms with Crippen molar-refractivity contribution in [2.24, 2.45) is 5.92 Å². The molecule has 12 nitrogen and oxygen atoms in total. The summed E-state index contributed by atoms with van der Waals surface area (Å²) in [5, 5.41) is 16.6. The fourth-order valence-electron chi connectivity index (χ4n) is 7.59. The molecule has 1 saturated carbocycles. The molecule has 0 unspecified atom stereocenters. The predicted molar refractivity (Wildman–Crippen MR) is 200 cm³/mol. The molecular weight excluding hydrogens is 736 g/mol. The molecule has 3 aromatic carbocycles. The van der Waals surface area contributed by atoms with Crippen LogP contribution in [0.1, 0.15) is 71.7 Å². The van der Waals surface area contributed by atoms with E-state index in [1.165, 1.54) is 29.1 Å². The van der Waals surface area contributed by atoms with Crippen molar-refractivity contribution in [3.05, 3.63) is 116 Å². The molecule has 1 fully saturated rings. The smallest absolute Gasteiger partial charge is 0.416 e. The normalized spacial score (nSPS) is 16.0. The van der Waals surface area contributed by atoms with Crippen molar-refractivity contribution in [3.63, 3.8) is 0 Å². The van der Waals surface area contributed by atoms with Gasteiger partial charge in [0.25, 0.3) is 0 Å². The van der Waals surface area contributed by atoms with Crippen LogP contribution in [0.25, 0.3) is 22.8 Å². The Hall–Kier alpha value is -5.50. The van der Waals surface area contributed by atoms with Crippen molar-refractivity contribution in [1.82, 2.24) is 30.4 Å². The lowest BCUT2D eigenvalue weighted by atomic mass is 9.80. The van der Waals surface area contributed by atoms with E-state index in [2.05, 4.69) is 10.4 Å². The highest BCUT2D eigenvalue weighted by Crippen LogP contribution is 2.34. The molecule has 290 valence electrons. The van der Waals surface area contributed by atoms with Crippen LogP contribution in [-0.2, 0) is 29.1 Å². The van der Waals surface area contributed by atoms with Gasteiger partial charge >= 0.3 is 17.9 Å². The lowest BCUT2D eigenvalue weighted by molar-refractivity contribution is -0.137. The summed E-state index contributed by atoms with van der Waals surface area (Å²) in [5.74, 6) is 0.150. The van der Waals surface area contributed by atoms with Crippen LogP contribution in [0.3, 0.4) is 0 Å². The third kappa shape index (κ3) is 8.00. The molecule has 0 aliphatic heterocycles. The van der Waals surface area contributed by atoms with Crippen molar-refractivity contribution in [1.29, 1.82) is 5.26 Å². The van der Waals surface area contributed by atoms with E-state index in [1.54, 1.807) is 44.2 Å². The average molecular weight is 778 g/mol. The fourth-order valence-corrected chi connectivity index (χ4v) is 8.40. The topological polar surface area (TPSA) is 191 Å². The van der Waals surface area contributed by atoms with E-state index >= 15 is 0 Å². The molecule has 6 rings (SSSR count). The van der Waals surface area contributed by atoms with Gasteiger partial charge in [-0.1, -0.05) is 13.0 Å². The maximum atomic E-state index is 14.2. The number of hydrogen-bond donors (Lipinski definition) is 2. The minimum Gasteiger partial charge on any atom is -0.744 e. The number of nitrogens with one attached hydrogen (secondary N) is 1. The van der Waals surface area contributed by atoms with Crippen LogP contribution in [0.5, 0.6) is 0 Å². The summed E-state index contributed by atoms with van der Waals surface area (Å²) in [7, 11) is -4.66. The molecule has 2 heterocycles. The Morgan fingerprint density at radius 3 is 2.27 bits per heavy atom. The third-order valence-corrected chi connectivity index (χ3v) is 11.4. The third-order valence-electron chi connectivity index (χ3n) is 10.4. The zero-order chi connectivity index (χ0) is 39.1. The zero-order valence-electron chi connectivity index (χ0n) is 31.1. The van der Waals surface area contributed by atoms with Crippen molar-refractivity contribution in [2.45, 2.75) is 83.3 Å². The van der Waals surface area contributed by atoms with Gasteiger partial charge < -0.3 is 16.0 Å². The number of alkyl halides is 3. The standard InChI is InChI=1S/C39H39F3N6O5S.H3N/c1-5-33-23(2)24(3)35(54(51,52)53)20-28(33)19-26-9-13-30(14-10-26)45-37(49)47-36(34-17-18-44-48(34)31-15-11-27(22-43)12-16-31)25(4)46(38(47)50)32-8-6-7-29(21-32)39(40,41)42;/h6-8,11-12,15-18,20-21,26,30H,5,9-10,13-14,19H2,1-4H3,(H,45,49)(H,51,52,53);1H3. The highest BCUT2D eigenvalue weighted by Gasteiger charge is 2.33. The van der Waals surface area contributed by atoms with Crippen LogP contribution in [0.2, 0.25) is 0 Å². The van der Waals surface area contributed by atoms with Crippen LogP contribution in [0, 0.1) is 38.0 Å². The molecule has 0 spiro atoms. The summed E-state index contributed by atoms with van der Waals surface area (Å²) >= 11 is 0. The number of carbonyl (C=O) groups excluding carboxylic acids is 1. The van der Waals surface area contributed by atoms with Gasteiger partial charge in [0.05, 0.1) is 51.1 Å². The van der Waals surface area contributed by atoms with Gasteiger partial charge in [0.1, 0.15) is 15.8 Å². The molecule has 55 heavy (non-hydrogen) atoms. The van der Waals surface area contributed by atoms with Gasteiger partial charge in [0.2, 0.25) is 0 Å². The summed E-state index contributed by atoms with van der Waals surface area (Å²) in [5.41, 5.74) is 2.76. The van der Waals surface area contributed by atoms with Crippen molar-refractivity contribution in [3.8, 4) is 28.8 Å². The van der Waals surface area contributed by atoms with Gasteiger partial charge in [-0.15, -0.1) is 0 Å². The Labute approximate surface area is 316 Å². The molecule has 16 heteroatoms. The Morgan fingerprint density at radius 1 is 1.00 bits per heavy atom. The highest BCUT2D eigenvalue weighted by molar-refractivity contribution is 7.85. The first-order valence-corrected chi connectivity index (χ1v) is 18.9. The number of benzene rings is 3. The second-order valence-electron chi connectivity index (χ2n) is 13.7. The summed E-state index contributed by atoms with van der Waals surface area (Å²) in [4.78, 5) is 28.2. The molecular formula is C39H42F3N7O5S. The molecule has 1 aliphatic rings. The van der Waals surface area contributed by atoms with Crippen LogP contribution in [0.4, 0.5) is 18.0 Å². The van der Waals surface area contributed by atoms with Gasteiger partial charge in [-0.2, -0.15) is 23.5 Å². The minimum atomic E-state index is -4.67. The molecule has 2 aromatic heterocycles. The lowest BCUT2D eigenvalue weighted by Crippen LogP contribution is -2.44. The van der Waals surface area contributed by atoms with Crippen molar-refractivity contribution >= 4 is 16.1 Å². The number of quaternary nitrogens is 1. The number of halogens is 3. The Kier molecular flexibility index (Phi) is 11.6. The molecule has 1 amide bonds. The Bertz CT molecular complexity index is 2450. The second kappa shape index (κ2) is 15.7. The molecule has 0 atom stereocenters. The first kappa shape index (κ1) is 40.7. The Morgan fingerprint density at radius 2 is 1.67 bits per heavy atom. The first-order chi connectivity index (χ1) is 25.5. The molecule has 5 aromatic rings. The van der Waals surface area contributed by atoms with E-state index in [0.29, 0.717) is 61.0 Å². The van der Waals surface area contributed by atoms with E-state index in [-0.39, 0.29) is 40.1 Å². The van der Waals surface area contributed by atoms with E-state index < -0.39 is 33.6 Å². The molecule has 0 radical (unpaired) electrons. The van der Waals surface area contributed by atoms with E-state index in [1.807, 2.05) is 19.9 Å². The van der Waals surface area contributed by atoms with Crippen LogP contribution in [0.15, 0.2) is 76.6 Å². The van der Waals surface area contributed by atoms with Gasteiger partial charge in [0, 0.05) is 6.04 Å². The SMILES string of the molecule is CCc1c(CC2CCC(NC(=O)n3c(-c4ccnn4-c4ccc(C#N)cc4)c(C)n(-c4cccc(C(F)(F)F)c4)c3=O)CC2)cc(S(=O)(=O)[O-])c(C)c1C.[NH4+]. The largest absolute Gasteiger partial charge is 0.744 e. The average Bonchev–Trinajstić information content (AvgIpc) is 3.71. The minimum absolute atomic E-state index is 0. The zero-order valence-corrected chi connectivity index (χ0v) is 31.9. The van der Waals surface area contributed by atoms with E-state index in [4.69, 9.17) is 0 Å². The molecule has 1 aliphatic carbocycles. The van der Waals surface area contributed by atoms with Crippen LogP contribution < -0.4 is 17.2 Å². The summed E-state index contributed by atoms with van der Waals surface area (Å²) in [6.07, 6.45) is 0.498. The van der Waals surface area contributed by atoms with Crippen LogP contribution in [-0.4, -0.2) is 44.0 Å². The quantitative estimate of drug-likeness (QED) is 0.152. The first-order valence-electron chi connectivity index (χ1n) is 17.5.